The summed E-state index contributed by atoms with van der Waals surface area (Å²) in [4.78, 5) is 28.1. The molecule has 1 aliphatic rings. The van der Waals surface area contributed by atoms with Crippen molar-refractivity contribution in [2.24, 2.45) is 0 Å². The second kappa shape index (κ2) is 12.3. The summed E-state index contributed by atoms with van der Waals surface area (Å²) >= 11 is 0. The van der Waals surface area contributed by atoms with Crippen LogP contribution in [0.3, 0.4) is 0 Å². The molecule has 4 rings (SSSR count). The van der Waals surface area contributed by atoms with Gasteiger partial charge in [-0.15, -0.1) is 0 Å². The normalized spacial score (nSPS) is 16.7. The maximum absolute atomic E-state index is 13.3. The average Bonchev–Trinajstić information content (AvgIpc) is 3.19. The Morgan fingerprint density at radius 2 is 1.51 bits per heavy atom. The van der Waals surface area contributed by atoms with Crippen LogP contribution in [-0.2, 0) is 16.0 Å². The number of benzene rings is 3. The highest BCUT2D eigenvalue weighted by molar-refractivity contribution is 6.46. The Bertz CT molecular complexity index is 1250. The van der Waals surface area contributed by atoms with E-state index in [1.54, 1.807) is 29.2 Å². The third kappa shape index (κ3) is 6.02. The van der Waals surface area contributed by atoms with Crippen LogP contribution in [0.4, 0.5) is 0 Å². The number of ether oxygens (including phenoxy) is 2. The molecule has 1 fully saturated rings. The topological polar surface area (TPSA) is 76.1 Å². The fourth-order valence-electron chi connectivity index (χ4n) is 4.43. The van der Waals surface area contributed by atoms with Crippen molar-refractivity contribution in [3.8, 4) is 11.5 Å². The molecule has 1 aliphatic heterocycles. The Hall–Kier alpha value is -4.06. The number of amides is 1. The van der Waals surface area contributed by atoms with Crippen LogP contribution in [0, 0.1) is 0 Å². The zero-order valence-electron chi connectivity index (χ0n) is 21.4. The number of nitrogens with zero attached hydrogens (tertiary/aromatic N) is 1. The third-order valence-corrected chi connectivity index (χ3v) is 6.27. The largest absolute Gasteiger partial charge is 0.507 e. The molecule has 3 aromatic rings. The molecule has 0 bridgehead atoms. The number of rotatable bonds is 11. The predicted molar refractivity (Wildman–Crippen MR) is 144 cm³/mol. The van der Waals surface area contributed by atoms with Gasteiger partial charge in [-0.2, -0.15) is 0 Å². The quantitative estimate of drug-likeness (QED) is 0.201. The molecule has 0 aromatic heterocycles. The molecular weight excluding hydrogens is 466 g/mol. The molecule has 1 N–H and O–H groups in total. The summed E-state index contributed by atoms with van der Waals surface area (Å²) in [6.45, 7) is 5.54. The Balaban J connectivity index is 1.73. The van der Waals surface area contributed by atoms with E-state index in [9.17, 15) is 14.7 Å². The zero-order chi connectivity index (χ0) is 26.2. The number of hydrogen-bond acceptors (Lipinski definition) is 5. The fraction of sp³-hybridized carbons (Fsp3) is 0.290. The zero-order valence-corrected chi connectivity index (χ0v) is 21.4. The van der Waals surface area contributed by atoms with Crippen molar-refractivity contribution in [2.75, 3.05) is 19.8 Å². The highest BCUT2D eigenvalue weighted by Gasteiger charge is 2.46. The van der Waals surface area contributed by atoms with E-state index in [4.69, 9.17) is 9.47 Å². The smallest absolute Gasteiger partial charge is 0.295 e. The highest BCUT2D eigenvalue weighted by Crippen LogP contribution is 2.40. The van der Waals surface area contributed by atoms with E-state index in [0.29, 0.717) is 48.8 Å². The number of hydrogen-bond donors (Lipinski definition) is 1. The van der Waals surface area contributed by atoms with Crippen molar-refractivity contribution >= 4 is 17.4 Å². The van der Waals surface area contributed by atoms with Gasteiger partial charge in [-0.3, -0.25) is 9.59 Å². The van der Waals surface area contributed by atoms with E-state index < -0.39 is 17.7 Å². The number of carbonyl (C=O) groups is 2. The number of likely N-dealkylation sites (tertiary alicyclic amines) is 1. The van der Waals surface area contributed by atoms with Crippen molar-refractivity contribution in [2.45, 2.75) is 39.2 Å². The molecule has 192 valence electrons. The molecule has 0 radical (unpaired) electrons. The maximum atomic E-state index is 13.3. The second-order valence-electron chi connectivity index (χ2n) is 9.02. The minimum absolute atomic E-state index is 0.0768. The van der Waals surface area contributed by atoms with Crippen LogP contribution in [0.25, 0.3) is 5.76 Å². The summed E-state index contributed by atoms with van der Waals surface area (Å²) < 4.78 is 11.5. The van der Waals surface area contributed by atoms with E-state index in [1.807, 2.05) is 68.4 Å². The van der Waals surface area contributed by atoms with Crippen molar-refractivity contribution in [3.63, 3.8) is 0 Å². The van der Waals surface area contributed by atoms with Crippen LogP contribution in [0.15, 0.2) is 84.4 Å². The molecule has 1 saturated heterocycles. The average molecular weight is 500 g/mol. The second-order valence-corrected chi connectivity index (χ2v) is 9.02. The van der Waals surface area contributed by atoms with Gasteiger partial charge >= 0.3 is 0 Å². The van der Waals surface area contributed by atoms with Crippen LogP contribution in [0.1, 0.15) is 49.4 Å². The van der Waals surface area contributed by atoms with Gasteiger partial charge in [-0.1, -0.05) is 56.3 Å². The monoisotopic (exact) mass is 499 g/mol. The molecular formula is C31H33NO5. The molecule has 1 heterocycles. The van der Waals surface area contributed by atoms with Crippen molar-refractivity contribution in [1.82, 2.24) is 4.90 Å². The molecule has 1 amide bonds. The third-order valence-electron chi connectivity index (χ3n) is 6.27. The molecule has 37 heavy (non-hydrogen) atoms. The van der Waals surface area contributed by atoms with Crippen molar-refractivity contribution in [3.05, 3.63) is 101 Å². The summed E-state index contributed by atoms with van der Waals surface area (Å²) in [6, 6.07) is 23.4. The van der Waals surface area contributed by atoms with E-state index in [1.165, 1.54) is 0 Å². The summed E-state index contributed by atoms with van der Waals surface area (Å²) in [6.07, 6.45) is 2.33. The first-order valence-corrected chi connectivity index (χ1v) is 12.8. The van der Waals surface area contributed by atoms with Gasteiger partial charge in [-0.05, 0) is 66.8 Å². The standard InChI is InChI=1S/C31H33NO5/c1-3-19-36-25-15-13-23(14-16-25)29(33)27-28(24-11-8-12-26(21-24)37-20-4-2)32(31(35)30(27)34)18-17-22-9-6-5-7-10-22/h5-16,21,28,33H,3-4,17-20H2,1-2H3. The molecule has 0 aliphatic carbocycles. The summed E-state index contributed by atoms with van der Waals surface area (Å²) in [5, 5.41) is 11.3. The Morgan fingerprint density at radius 3 is 2.19 bits per heavy atom. The van der Waals surface area contributed by atoms with Gasteiger partial charge in [0.25, 0.3) is 11.7 Å². The molecule has 1 unspecified atom stereocenters. The first-order valence-electron chi connectivity index (χ1n) is 12.8. The van der Waals surface area contributed by atoms with E-state index in [0.717, 1.165) is 18.4 Å². The summed E-state index contributed by atoms with van der Waals surface area (Å²) in [5.41, 5.74) is 2.30. The Labute approximate surface area is 218 Å². The van der Waals surface area contributed by atoms with Gasteiger partial charge in [0.2, 0.25) is 0 Å². The van der Waals surface area contributed by atoms with Gasteiger partial charge in [0, 0.05) is 12.1 Å². The summed E-state index contributed by atoms with van der Waals surface area (Å²) in [7, 11) is 0. The van der Waals surface area contributed by atoms with Crippen LogP contribution in [0.5, 0.6) is 11.5 Å². The fourth-order valence-corrected chi connectivity index (χ4v) is 4.43. The molecule has 6 nitrogen and oxygen atoms in total. The first kappa shape index (κ1) is 26.0. The number of aliphatic hydroxyl groups is 1. The minimum Gasteiger partial charge on any atom is -0.507 e. The van der Waals surface area contributed by atoms with Crippen LogP contribution in [-0.4, -0.2) is 41.5 Å². The van der Waals surface area contributed by atoms with E-state index in [2.05, 4.69) is 0 Å². The van der Waals surface area contributed by atoms with Gasteiger partial charge in [0.05, 0.1) is 24.8 Å². The Kier molecular flexibility index (Phi) is 8.62. The lowest BCUT2D eigenvalue weighted by atomic mass is 9.95. The van der Waals surface area contributed by atoms with Crippen molar-refractivity contribution < 1.29 is 24.2 Å². The summed E-state index contributed by atoms with van der Waals surface area (Å²) in [5.74, 6) is -0.177. The SMILES string of the molecule is CCCOc1ccc(C(O)=C2C(=O)C(=O)N(CCc3ccccc3)C2c2cccc(OCCC)c2)cc1. The van der Waals surface area contributed by atoms with E-state index in [-0.39, 0.29) is 11.3 Å². The minimum atomic E-state index is -0.732. The van der Waals surface area contributed by atoms with Crippen molar-refractivity contribution in [1.29, 1.82) is 0 Å². The Morgan fingerprint density at radius 1 is 0.838 bits per heavy atom. The van der Waals surface area contributed by atoms with Gasteiger partial charge < -0.3 is 19.5 Å². The molecule has 0 saturated carbocycles. The van der Waals surface area contributed by atoms with Gasteiger partial charge in [0.15, 0.2) is 0 Å². The number of carbonyl (C=O) groups excluding carboxylic acids is 2. The molecule has 6 heteroatoms. The molecule has 3 aromatic carbocycles. The lowest BCUT2D eigenvalue weighted by Crippen LogP contribution is -2.31. The number of aliphatic hydroxyl groups excluding tert-OH is 1. The lowest BCUT2D eigenvalue weighted by molar-refractivity contribution is -0.139. The molecule has 0 spiro atoms. The highest BCUT2D eigenvalue weighted by atomic mass is 16.5. The lowest BCUT2D eigenvalue weighted by Gasteiger charge is -2.26. The van der Waals surface area contributed by atoms with Gasteiger partial charge in [0.1, 0.15) is 17.3 Å². The predicted octanol–water partition coefficient (Wildman–Crippen LogP) is 5.93. The molecule has 1 atom stereocenters. The van der Waals surface area contributed by atoms with Gasteiger partial charge in [-0.25, -0.2) is 0 Å². The van der Waals surface area contributed by atoms with Crippen LogP contribution in [0.2, 0.25) is 0 Å². The number of ketones is 1. The van der Waals surface area contributed by atoms with Crippen LogP contribution < -0.4 is 9.47 Å². The van der Waals surface area contributed by atoms with Crippen LogP contribution >= 0.6 is 0 Å². The first-order chi connectivity index (χ1) is 18.0. The maximum Gasteiger partial charge on any atom is 0.295 e. The number of Topliss-reactive ketones (excluding diaryl/α,β-unsaturated/α-hetero) is 1. The van der Waals surface area contributed by atoms with E-state index >= 15 is 0 Å².